The van der Waals surface area contributed by atoms with Crippen molar-refractivity contribution in [2.24, 2.45) is 12.0 Å². The predicted molar refractivity (Wildman–Crippen MR) is 93.2 cm³/mol. The molecule has 2 N–H and O–H groups in total. The highest BCUT2D eigenvalue weighted by Gasteiger charge is 2.05. The fourth-order valence-electron chi connectivity index (χ4n) is 2.10. The third-order valence-corrected chi connectivity index (χ3v) is 3.62. The highest BCUT2D eigenvalue weighted by Crippen LogP contribution is 2.06. The van der Waals surface area contributed by atoms with Gasteiger partial charge in [0, 0.05) is 20.1 Å². The molecule has 6 nitrogen and oxygen atoms in total. The number of aromatic nitrogens is 3. The van der Waals surface area contributed by atoms with E-state index in [2.05, 4.69) is 32.4 Å². The number of nitrogens with one attached hydrogen (secondary N) is 2. The molecule has 1 heterocycles. The average Bonchev–Trinajstić information content (AvgIpc) is 2.90. The summed E-state index contributed by atoms with van der Waals surface area (Å²) in [6.45, 7) is 7.14. The van der Waals surface area contributed by atoms with Crippen molar-refractivity contribution < 1.29 is 4.39 Å². The van der Waals surface area contributed by atoms with Crippen LogP contribution >= 0.6 is 0 Å². The highest BCUT2D eigenvalue weighted by molar-refractivity contribution is 5.79. The lowest BCUT2D eigenvalue weighted by atomic mass is 10.1. The lowest BCUT2D eigenvalue weighted by molar-refractivity contribution is 0.607. The third kappa shape index (κ3) is 4.91. The van der Waals surface area contributed by atoms with Crippen LogP contribution in [0.15, 0.2) is 41.9 Å². The Kier molecular flexibility index (Phi) is 6.48. The van der Waals surface area contributed by atoms with Gasteiger partial charge in [-0.25, -0.2) is 9.38 Å². The van der Waals surface area contributed by atoms with Crippen LogP contribution in [0.25, 0.3) is 0 Å². The molecule has 0 aliphatic carbocycles. The van der Waals surface area contributed by atoms with Gasteiger partial charge < -0.3 is 15.2 Å². The van der Waals surface area contributed by atoms with E-state index in [1.165, 1.54) is 6.07 Å². The average molecular weight is 330 g/mol. The molecule has 0 saturated heterocycles. The Balaban J connectivity index is 1.94. The van der Waals surface area contributed by atoms with E-state index in [9.17, 15) is 4.39 Å². The molecule has 0 radical (unpaired) electrons. The van der Waals surface area contributed by atoms with Crippen LogP contribution in [0.2, 0.25) is 0 Å². The van der Waals surface area contributed by atoms with Crippen molar-refractivity contribution in [2.45, 2.75) is 19.9 Å². The van der Waals surface area contributed by atoms with Crippen LogP contribution in [0.1, 0.15) is 17.2 Å². The van der Waals surface area contributed by atoms with Crippen molar-refractivity contribution in [3.8, 4) is 0 Å². The highest BCUT2D eigenvalue weighted by atomic mass is 19.1. The number of halogens is 1. The predicted octanol–water partition coefficient (Wildman–Crippen LogP) is 1.73. The fourth-order valence-corrected chi connectivity index (χ4v) is 2.10. The van der Waals surface area contributed by atoms with Crippen LogP contribution in [0.4, 0.5) is 4.39 Å². The zero-order chi connectivity index (χ0) is 17.4. The van der Waals surface area contributed by atoms with Gasteiger partial charge in [-0.3, -0.25) is 0 Å². The summed E-state index contributed by atoms with van der Waals surface area (Å²) in [6, 6.07) is 6.78. The SMILES string of the molecule is C=CCNC(=NCc1nnc(C)n1C)NCCc1ccccc1F. The van der Waals surface area contributed by atoms with E-state index < -0.39 is 0 Å². The van der Waals surface area contributed by atoms with E-state index in [0.717, 1.165) is 11.6 Å². The van der Waals surface area contributed by atoms with E-state index in [-0.39, 0.29) is 5.82 Å². The van der Waals surface area contributed by atoms with Crippen molar-refractivity contribution in [1.82, 2.24) is 25.4 Å². The number of benzene rings is 1. The first-order chi connectivity index (χ1) is 11.6. The number of hydrogen-bond donors (Lipinski definition) is 2. The van der Waals surface area contributed by atoms with Gasteiger partial charge in [0.1, 0.15) is 18.2 Å². The molecule has 128 valence electrons. The number of rotatable bonds is 7. The molecule has 1 aromatic heterocycles. The summed E-state index contributed by atoms with van der Waals surface area (Å²) < 4.78 is 15.5. The molecule has 2 aromatic rings. The Bertz CT molecular complexity index is 707. The maximum Gasteiger partial charge on any atom is 0.191 e. The van der Waals surface area contributed by atoms with E-state index in [0.29, 0.717) is 37.6 Å². The minimum absolute atomic E-state index is 0.189. The molecule has 0 aliphatic heterocycles. The molecular formula is C17H23FN6. The summed E-state index contributed by atoms with van der Waals surface area (Å²) in [6.07, 6.45) is 2.32. The van der Waals surface area contributed by atoms with E-state index >= 15 is 0 Å². The lowest BCUT2D eigenvalue weighted by Gasteiger charge is -2.11. The van der Waals surface area contributed by atoms with Crippen LogP contribution in [-0.2, 0) is 20.0 Å². The third-order valence-electron chi connectivity index (χ3n) is 3.62. The van der Waals surface area contributed by atoms with Crippen LogP contribution in [-0.4, -0.2) is 33.8 Å². The number of aliphatic imine (C=N–C) groups is 1. The van der Waals surface area contributed by atoms with Gasteiger partial charge in [-0.05, 0) is 25.0 Å². The van der Waals surface area contributed by atoms with Gasteiger partial charge >= 0.3 is 0 Å². The zero-order valence-electron chi connectivity index (χ0n) is 14.1. The summed E-state index contributed by atoms with van der Waals surface area (Å²) in [5.74, 6) is 2.06. The zero-order valence-corrected chi connectivity index (χ0v) is 14.1. The first kappa shape index (κ1) is 17.7. The Morgan fingerprint density at radius 2 is 2.12 bits per heavy atom. The van der Waals surface area contributed by atoms with Gasteiger partial charge in [0.25, 0.3) is 0 Å². The normalized spacial score (nSPS) is 11.4. The number of nitrogens with zero attached hydrogens (tertiary/aromatic N) is 4. The minimum Gasteiger partial charge on any atom is -0.356 e. The Morgan fingerprint density at radius 3 is 2.79 bits per heavy atom. The molecule has 0 saturated carbocycles. The first-order valence-corrected chi connectivity index (χ1v) is 7.83. The first-order valence-electron chi connectivity index (χ1n) is 7.83. The van der Waals surface area contributed by atoms with Crippen molar-refractivity contribution in [1.29, 1.82) is 0 Å². The molecule has 1 aromatic carbocycles. The number of hydrogen-bond acceptors (Lipinski definition) is 3. The van der Waals surface area contributed by atoms with E-state index in [1.54, 1.807) is 18.2 Å². The number of aryl methyl sites for hydroxylation is 1. The van der Waals surface area contributed by atoms with Crippen LogP contribution in [0, 0.1) is 12.7 Å². The molecular weight excluding hydrogens is 307 g/mol. The monoisotopic (exact) mass is 330 g/mol. The van der Waals surface area contributed by atoms with Crippen LogP contribution in [0.3, 0.4) is 0 Å². The lowest BCUT2D eigenvalue weighted by Crippen LogP contribution is -2.38. The molecule has 2 rings (SSSR count). The fraction of sp³-hybridized carbons (Fsp3) is 0.353. The van der Waals surface area contributed by atoms with Gasteiger partial charge in [0.05, 0.1) is 0 Å². The maximum atomic E-state index is 13.6. The van der Waals surface area contributed by atoms with Gasteiger partial charge in [0.15, 0.2) is 11.8 Å². The maximum absolute atomic E-state index is 13.6. The summed E-state index contributed by atoms with van der Waals surface area (Å²) in [5.41, 5.74) is 0.678. The number of guanidine groups is 1. The molecule has 0 spiro atoms. The summed E-state index contributed by atoms with van der Waals surface area (Å²) in [7, 11) is 1.91. The van der Waals surface area contributed by atoms with Crippen molar-refractivity contribution in [2.75, 3.05) is 13.1 Å². The standard InChI is InChI=1S/C17H23FN6/c1-4-10-19-17(21-12-16-23-22-13(2)24(16)3)20-11-9-14-7-5-6-8-15(14)18/h4-8H,1,9-12H2,2-3H3,(H2,19,20,21). The summed E-state index contributed by atoms with van der Waals surface area (Å²) >= 11 is 0. The van der Waals surface area contributed by atoms with Crippen molar-refractivity contribution in [3.05, 3.63) is 59.9 Å². The molecule has 0 unspecified atom stereocenters. The Labute approximate surface area is 141 Å². The quantitative estimate of drug-likeness (QED) is 0.461. The van der Waals surface area contributed by atoms with Gasteiger partial charge in [-0.15, -0.1) is 16.8 Å². The Hall–Kier alpha value is -2.70. The molecule has 24 heavy (non-hydrogen) atoms. The van der Waals surface area contributed by atoms with E-state index in [1.807, 2.05) is 24.6 Å². The second-order valence-electron chi connectivity index (χ2n) is 5.33. The van der Waals surface area contributed by atoms with Gasteiger partial charge in [-0.2, -0.15) is 0 Å². The summed E-state index contributed by atoms with van der Waals surface area (Å²) in [4.78, 5) is 4.49. The smallest absolute Gasteiger partial charge is 0.191 e. The van der Waals surface area contributed by atoms with Crippen LogP contribution < -0.4 is 10.6 Å². The molecule has 0 amide bonds. The largest absolute Gasteiger partial charge is 0.356 e. The minimum atomic E-state index is -0.189. The molecule has 0 bridgehead atoms. The van der Waals surface area contributed by atoms with Crippen LogP contribution in [0.5, 0.6) is 0 Å². The van der Waals surface area contributed by atoms with Crippen molar-refractivity contribution in [3.63, 3.8) is 0 Å². The van der Waals surface area contributed by atoms with Gasteiger partial charge in [0.2, 0.25) is 0 Å². The topological polar surface area (TPSA) is 67.1 Å². The second kappa shape index (κ2) is 8.81. The summed E-state index contributed by atoms with van der Waals surface area (Å²) in [5, 5.41) is 14.4. The van der Waals surface area contributed by atoms with E-state index in [4.69, 9.17) is 0 Å². The Morgan fingerprint density at radius 1 is 1.33 bits per heavy atom. The second-order valence-corrected chi connectivity index (χ2v) is 5.33. The molecule has 7 heteroatoms. The molecule has 0 atom stereocenters. The molecule has 0 aliphatic rings. The van der Waals surface area contributed by atoms with Gasteiger partial charge in [-0.1, -0.05) is 24.3 Å². The van der Waals surface area contributed by atoms with Crippen molar-refractivity contribution >= 4 is 5.96 Å². The molecule has 0 fully saturated rings.